The van der Waals surface area contributed by atoms with Crippen LogP contribution in [0.3, 0.4) is 0 Å². The third-order valence-corrected chi connectivity index (χ3v) is 6.32. The highest BCUT2D eigenvalue weighted by Crippen LogP contribution is 2.53. The second kappa shape index (κ2) is 8.88. The van der Waals surface area contributed by atoms with E-state index in [-0.39, 0.29) is 35.5 Å². The van der Waals surface area contributed by atoms with Crippen LogP contribution in [0.15, 0.2) is 16.4 Å². The molecule has 0 radical (unpaired) electrons. The number of nitrogens with one attached hydrogen (secondary N) is 1. The van der Waals surface area contributed by atoms with Crippen LogP contribution < -0.4 is 21.5 Å². The number of hydrogen-bond acceptors (Lipinski definition) is 10. The number of ether oxygens (including phenoxy) is 2. The van der Waals surface area contributed by atoms with E-state index >= 15 is 0 Å². The number of anilines is 3. The molecule has 1 aromatic rings. The van der Waals surface area contributed by atoms with Gasteiger partial charge in [0.25, 0.3) is 5.56 Å². The van der Waals surface area contributed by atoms with Crippen molar-refractivity contribution in [3.8, 4) is 0 Å². The molecule has 1 aromatic heterocycles. The summed E-state index contributed by atoms with van der Waals surface area (Å²) in [4.78, 5) is 28.7. The Bertz CT molecular complexity index is 907. The van der Waals surface area contributed by atoms with Gasteiger partial charge in [0.2, 0.25) is 11.8 Å². The Balaban J connectivity index is 2.62. The van der Waals surface area contributed by atoms with Crippen molar-refractivity contribution >= 4 is 36.0 Å². The highest BCUT2D eigenvalue weighted by atomic mass is 32.5. The lowest BCUT2D eigenvalue weighted by molar-refractivity contribution is 0.00657. The molecule has 0 aliphatic carbocycles. The molecular formula is C16H28N5O6PS. The molecule has 4 N–H and O–H groups in total. The summed E-state index contributed by atoms with van der Waals surface area (Å²) in [5.74, 6) is 0.865. The summed E-state index contributed by atoms with van der Waals surface area (Å²) < 4.78 is 23.5. The number of rotatable bonds is 9. The predicted molar refractivity (Wildman–Crippen MR) is 114 cm³/mol. The number of aromatic nitrogens is 2. The highest BCUT2D eigenvalue weighted by Gasteiger charge is 2.50. The molecule has 0 aromatic carbocycles. The fraction of sp³-hybridized carbons (Fsp3) is 0.625. The minimum absolute atomic E-state index is 0.0368. The molecule has 0 bridgehead atoms. The number of methoxy groups -OCH3 is 1. The molecule has 164 valence electrons. The number of nitrogens with two attached hydrogens (primary N) is 1. The van der Waals surface area contributed by atoms with Gasteiger partial charge in [-0.2, -0.15) is 4.98 Å². The standard InChI is InChI=1S/C16H28N5O6PS/c1-7-8-16(27-28(23,29)25-6)9-26-14(11(16)24-5)20(3)12-10(18-2)13(22)21(4)15(17)19-12/h18H,7-9H2,1-6H3,(H2,17,19)(H,23,29). The lowest BCUT2D eigenvalue weighted by atomic mass is 9.98. The van der Waals surface area contributed by atoms with Gasteiger partial charge in [-0.05, 0) is 18.2 Å². The van der Waals surface area contributed by atoms with E-state index < -0.39 is 12.3 Å². The Kier molecular flexibility index (Phi) is 7.18. The van der Waals surface area contributed by atoms with Gasteiger partial charge in [0.05, 0.1) is 7.11 Å². The molecule has 0 amide bonds. The zero-order valence-electron chi connectivity index (χ0n) is 17.4. The fourth-order valence-electron chi connectivity index (χ4n) is 3.16. The van der Waals surface area contributed by atoms with E-state index in [0.717, 1.165) is 0 Å². The van der Waals surface area contributed by atoms with Gasteiger partial charge in [-0.25, -0.2) is 0 Å². The third kappa shape index (κ3) is 4.36. The van der Waals surface area contributed by atoms with Crippen LogP contribution >= 0.6 is 6.72 Å². The second-order valence-electron chi connectivity index (χ2n) is 6.46. The lowest BCUT2D eigenvalue weighted by Gasteiger charge is -2.31. The molecule has 0 spiro atoms. The van der Waals surface area contributed by atoms with Crippen molar-refractivity contribution in [3.05, 3.63) is 22.0 Å². The maximum Gasteiger partial charge on any atom is 0.325 e. The molecule has 11 nitrogen and oxygen atoms in total. The van der Waals surface area contributed by atoms with Crippen molar-refractivity contribution in [2.24, 2.45) is 7.05 Å². The van der Waals surface area contributed by atoms with E-state index in [4.69, 9.17) is 36.1 Å². The van der Waals surface area contributed by atoms with Crippen molar-refractivity contribution < 1.29 is 23.4 Å². The Morgan fingerprint density at radius 1 is 1.52 bits per heavy atom. The molecular weight excluding hydrogens is 421 g/mol. The molecule has 2 heterocycles. The predicted octanol–water partition coefficient (Wildman–Crippen LogP) is 1.10. The Morgan fingerprint density at radius 2 is 2.17 bits per heavy atom. The van der Waals surface area contributed by atoms with E-state index in [2.05, 4.69) is 10.3 Å². The van der Waals surface area contributed by atoms with Gasteiger partial charge in [0, 0.05) is 28.3 Å². The summed E-state index contributed by atoms with van der Waals surface area (Å²) >= 11 is 5.05. The molecule has 0 fully saturated rings. The average Bonchev–Trinajstić information content (AvgIpc) is 3.02. The van der Waals surface area contributed by atoms with E-state index in [9.17, 15) is 9.69 Å². The summed E-state index contributed by atoms with van der Waals surface area (Å²) in [7, 11) is 7.54. The maximum absolute atomic E-state index is 12.6. The van der Waals surface area contributed by atoms with Crippen LogP contribution in [-0.4, -0.2) is 55.0 Å². The first kappa shape index (κ1) is 23.4. The summed E-state index contributed by atoms with van der Waals surface area (Å²) in [5, 5.41) is 2.85. The molecule has 2 rings (SSSR count). The third-order valence-electron chi connectivity index (χ3n) is 4.61. The van der Waals surface area contributed by atoms with Gasteiger partial charge < -0.3 is 29.9 Å². The fourth-order valence-corrected chi connectivity index (χ4v) is 4.33. The van der Waals surface area contributed by atoms with Crippen LogP contribution in [0.5, 0.6) is 0 Å². The van der Waals surface area contributed by atoms with Crippen LogP contribution in [0, 0.1) is 0 Å². The van der Waals surface area contributed by atoms with E-state index in [0.29, 0.717) is 18.6 Å². The van der Waals surface area contributed by atoms with E-state index in [1.165, 1.54) is 30.7 Å². The molecule has 29 heavy (non-hydrogen) atoms. The molecule has 0 saturated heterocycles. The smallest absolute Gasteiger partial charge is 0.325 e. The summed E-state index contributed by atoms with van der Waals surface area (Å²) in [6.07, 6.45) is 1.16. The monoisotopic (exact) mass is 449 g/mol. The molecule has 1 aliphatic heterocycles. The quantitative estimate of drug-likeness (QED) is 0.468. The molecule has 2 unspecified atom stereocenters. The van der Waals surface area contributed by atoms with Crippen LogP contribution in [0.2, 0.25) is 0 Å². The SMILES string of the molecule is CCCC1(OP(O)(=S)OC)COC(N(C)c2nc(N)n(C)c(=O)c2NC)=C1OC. The summed E-state index contributed by atoms with van der Waals surface area (Å²) in [6.45, 7) is -1.52. The molecule has 2 atom stereocenters. The zero-order valence-corrected chi connectivity index (χ0v) is 19.1. The minimum Gasteiger partial charge on any atom is -0.493 e. The van der Waals surface area contributed by atoms with Gasteiger partial charge in [-0.15, -0.1) is 0 Å². The Labute approximate surface area is 174 Å². The van der Waals surface area contributed by atoms with Crippen LogP contribution in [0.4, 0.5) is 17.5 Å². The molecule has 0 saturated carbocycles. The normalized spacial score (nSPS) is 20.9. The maximum atomic E-state index is 12.6. The second-order valence-corrected chi connectivity index (χ2v) is 9.32. The van der Waals surface area contributed by atoms with Gasteiger partial charge >= 0.3 is 6.72 Å². The van der Waals surface area contributed by atoms with Crippen molar-refractivity contribution in [2.75, 3.05) is 50.9 Å². The number of nitrogens with zero attached hydrogens (tertiary/aromatic N) is 3. The number of hydrogen-bond donors (Lipinski definition) is 3. The van der Waals surface area contributed by atoms with E-state index in [1.54, 1.807) is 14.1 Å². The van der Waals surface area contributed by atoms with E-state index in [1.807, 2.05) is 6.92 Å². The van der Waals surface area contributed by atoms with Gasteiger partial charge in [-0.1, -0.05) is 13.3 Å². The highest BCUT2D eigenvalue weighted by molar-refractivity contribution is 8.07. The first-order valence-corrected chi connectivity index (χ1v) is 11.4. The average molecular weight is 449 g/mol. The van der Waals surface area contributed by atoms with Gasteiger partial charge in [0.1, 0.15) is 12.3 Å². The molecule has 13 heteroatoms. The largest absolute Gasteiger partial charge is 0.493 e. The zero-order chi connectivity index (χ0) is 22.0. The van der Waals surface area contributed by atoms with Crippen molar-refractivity contribution in [2.45, 2.75) is 25.4 Å². The topological polar surface area (TPSA) is 133 Å². The summed E-state index contributed by atoms with van der Waals surface area (Å²) in [5.41, 5.74) is 4.62. The van der Waals surface area contributed by atoms with Gasteiger partial charge in [-0.3, -0.25) is 18.8 Å². The Hall–Kier alpha value is -1.85. The van der Waals surface area contributed by atoms with Crippen LogP contribution in [0.25, 0.3) is 0 Å². The van der Waals surface area contributed by atoms with Crippen LogP contribution in [-0.2, 0) is 37.4 Å². The van der Waals surface area contributed by atoms with Crippen molar-refractivity contribution in [1.29, 1.82) is 0 Å². The lowest BCUT2D eigenvalue weighted by Crippen LogP contribution is -2.36. The van der Waals surface area contributed by atoms with Crippen LogP contribution in [0.1, 0.15) is 19.8 Å². The summed E-state index contributed by atoms with van der Waals surface area (Å²) in [6, 6.07) is 0. The first-order chi connectivity index (χ1) is 13.6. The van der Waals surface area contributed by atoms with Crippen molar-refractivity contribution in [1.82, 2.24) is 9.55 Å². The number of nitrogen functional groups attached to an aromatic ring is 1. The first-order valence-electron chi connectivity index (χ1n) is 8.86. The Morgan fingerprint density at radius 3 is 2.69 bits per heavy atom. The van der Waals surface area contributed by atoms with Gasteiger partial charge in [0.15, 0.2) is 17.2 Å². The van der Waals surface area contributed by atoms with Crippen molar-refractivity contribution in [3.63, 3.8) is 0 Å². The molecule has 1 aliphatic rings. The minimum atomic E-state index is -3.52.